The lowest BCUT2D eigenvalue weighted by Crippen LogP contribution is -2.32. The van der Waals surface area contributed by atoms with Gasteiger partial charge in [0.2, 0.25) is 11.6 Å². The molecular formula is C34H30N2O9. The van der Waals surface area contributed by atoms with Crippen molar-refractivity contribution in [1.29, 1.82) is 0 Å². The quantitative estimate of drug-likeness (QED) is 0.0824. The third kappa shape index (κ3) is 6.85. The van der Waals surface area contributed by atoms with Crippen molar-refractivity contribution in [1.82, 2.24) is 0 Å². The van der Waals surface area contributed by atoms with Crippen LogP contribution in [0.3, 0.4) is 0 Å². The van der Waals surface area contributed by atoms with Gasteiger partial charge in [0.25, 0.3) is 0 Å². The van der Waals surface area contributed by atoms with E-state index in [4.69, 9.17) is 24.1 Å². The summed E-state index contributed by atoms with van der Waals surface area (Å²) < 4.78 is 17.4. The van der Waals surface area contributed by atoms with E-state index in [1.54, 1.807) is 74.5 Å². The maximum absolute atomic E-state index is 13.4. The number of carboxylic acids is 2. The van der Waals surface area contributed by atoms with Crippen LogP contribution >= 0.6 is 0 Å². The Bertz CT molecular complexity index is 1740. The molecule has 0 saturated heterocycles. The van der Waals surface area contributed by atoms with Gasteiger partial charge in [0.15, 0.2) is 12.5 Å². The molecule has 11 heteroatoms. The molecule has 2 atom stereocenters. The van der Waals surface area contributed by atoms with Gasteiger partial charge in [0, 0.05) is 46.5 Å². The van der Waals surface area contributed by atoms with Crippen LogP contribution in [0.1, 0.15) is 55.3 Å². The molecule has 11 nitrogen and oxygen atoms in total. The first-order valence-corrected chi connectivity index (χ1v) is 14.2. The average Bonchev–Trinajstić information content (AvgIpc) is 3.41. The fourth-order valence-electron chi connectivity index (χ4n) is 4.81. The molecule has 0 aliphatic heterocycles. The highest BCUT2D eigenvalue weighted by Gasteiger charge is 2.24. The molecule has 1 aromatic heterocycles. The highest BCUT2D eigenvalue weighted by atomic mass is 16.5. The van der Waals surface area contributed by atoms with Gasteiger partial charge in [-0.25, -0.2) is 9.59 Å². The predicted molar refractivity (Wildman–Crippen MR) is 167 cm³/mol. The maximum Gasteiger partial charge on any atom is 0.335 e. The molecule has 0 aliphatic rings. The Hall–Kier alpha value is -5.52. The van der Waals surface area contributed by atoms with E-state index < -0.39 is 24.4 Å². The fourth-order valence-corrected chi connectivity index (χ4v) is 4.81. The summed E-state index contributed by atoms with van der Waals surface area (Å²) in [6.07, 6.45) is -2.06. The molecule has 230 valence electrons. The van der Waals surface area contributed by atoms with Gasteiger partial charge >= 0.3 is 11.9 Å². The summed E-state index contributed by atoms with van der Waals surface area (Å²) in [7, 11) is 0. The predicted octanol–water partition coefficient (Wildman–Crippen LogP) is 6.30. The minimum absolute atomic E-state index is 0.122. The second-order valence-corrected chi connectivity index (χ2v) is 9.98. The number of nitrogens with one attached hydrogen (secondary N) is 2. The molecule has 0 saturated carbocycles. The van der Waals surface area contributed by atoms with Crippen molar-refractivity contribution in [2.75, 3.05) is 23.8 Å². The number of hydrogen-bond acceptors (Lipinski definition) is 9. The van der Waals surface area contributed by atoms with Crippen molar-refractivity contribution >= 4 is 56.8 Å². The Morgan fingerprint density at radius 1 is 0.600 bits per heavy atom. The third-order valence-electron chi connectivity index (χ3n) is 7.04. The van der Waals surface area contributed by atoms with Crippen LogP contribution in [0.5, 0.6) is 0 Å². The first-order chi connectivity index (χ1) is 21.7. The summed E-state index contributed by atoms with van der Waals surface area (Å²) in [5.41, 5.74) is 2.84. The minimum Gasteiger partial charge on any atom is -0.478 e. The Morgan fingerprint density at radius 3 is 1.29 bits per heavy atom. The van der Waals surface area contributed by atoms with Gasteiger partial charge in [-0.3, -0.25) is 9.59 Å². The van der Waals surface area contributed by atoms with Crippen LogP contribution in [-0.4, -0.2) is 59.4 Å². The Kier molecular flexibility index (Phi) is 9.22. The van der Waals surface area contributed by atoms with E-state index in [-0.39, 0.29) is 35.9 Å². The van der Waals surface area contributed by atoms with Gasteiger partial charge in [-0.15, -0.1) is 0 Å². The monoisotopic (exact) mass is 610 g/mol. The molecular weight excluding hydrogens is 580 g/mol. The number of aromatic carboxylic acids is 2. The first-order valence-electron chi connectivity index (χ1n) is 14.2. The molecule has 4 aromatic carbocycles. The molecule has 0 radical (unpaired) electrons. The second kappa shape index (κ2) is 13.4. The summed E-state index contributed by atoms with van der Waals surface area (Å²) in [5.74, 6) is -2.80. The van der Waals surface area contributed by atoms with Crippen molar-refractivity contribution < 1.29 is 43.3 Å². The van der Waals surface area contributed by atoms with Crippen LogP contribution in [0.4, 0.5) is 11.4 Å². The van der Waals surface area contributed by atoms with Crippen LogP contribution in [0, 0.1) is 0 Å². The van der Waals surface area contributed by atoms with Crippen LogP contribution in [0.25, 0.3) is 21.9 Å². The van der Waals surface area contributed by atoms with Gasteiger partial charge in [-0.2, -0.15) is 0 Å². The highest BCUT2D eigenvalue weighted by Crippen LogP contribution is 2.31. The minimum atomic E-state index is -1.05. The Balaban J connectivity index is 1.38. The Morgan fingerprint density at radius 2 is 0.956 bits per heavy atom. The molecule has 0 aliphatic carbocycles. The number of carbonyl (C=O) groups excluding carboxylic acids is 2. The number of rotatable bonds is 14. The van der Waals surface area contributed by atoms with Gasteiger partial charge in [0.05, 0.1) is 11.1 Å². The lowest BCUT2D eigenvalue weighted by atomic mass is 10.0. The first kappa shape index (κ1) is 30.9. The van der Waals surface area contributed by atoms with Gasteiger partial charge in [-0.05, 0) is 86.6 Å². The average molecular weight is 611 g/mol. The molecule has 5 aromatic rings. The van der Waals surface area contributed by atoms with Gasteiger partial charge < -0.3 is 34.7 Å². The summed E-state index contributed by atoms with van der Waals surface area (Å²) in [5, 5.41) is 25.8. The van der Waals surface area contributed by atoms with E-state index in [9.17, 15) is 19.2 Å². The lowest BCUT2D eigenvalue weighted by molar-refractivity contribution is 0.0548. The highest BCUT2D eigenvalue weighted by molar-refractivity contribution is 6.11. The standard InChI is InChI=1S/C34H30N2O9/c1-3-43-31(35-23-11-5-19(6-12-23)33(39)40)29(37)21-9-15-25-26-16-10-22(18-28(26)45-27(25)17-21)30(38)32(44-4-2)36-24-13-7-20(8-14-24)34(41)42/h5-18,31-32,35-36H,3-4H2,1-2H3,(H,39,40)(H,41,42). The van der Waals surface area contributed by atoms with Crippen LogP contribution in [-0.2, 0) is 9.47 Å². The maximum atomic E-state index is 13.4. The zero-order valence-electron chi connectivity index (χ0n) is 24.4. The number of carbonyl (C=O) groups is 4. The van der Waals surface area contributed by atoms with Crippen molar-refractivity contribution in [2.45, 2.75) is 26.3 Å². The zero-order chi connectivity index (χ0) is 32.1. The van der Waals surface area contributed by atoms with E-state index in [0.29, 0.717) is 33.7 Å². The lowest BCUT2D eigenvalue weighted by Gasteiger charge is -2.19. The summed E-state index contributed by atoms with van der Waals surface area (Å²) in [4.78, 5) is 49.2. The van der Waals surface area contributed by atoms with Crippen molar-refractivity contribution in [3.8, 4) is 0 Å². The van der Waals surface area contributed by atoms with E-state index in [1.165, 1.54) is 24.3 Å². The Labute approximate surface area is 257 Å². The summed E-state index contributed by atoms with van der Waals surface area (Å²) >= 11 is 0. The van der Waals surface area contributed by atoms with Gasteiger partial charge in [-0.1, -0.05) is 12.1 Å². The number of furan rings is 1. The number of anilines is 2. The second-order valence-electron chi connectivity index (χ2n) is 9.98. The number of ketones is 2. The molecule has 4 N–H and O–H groups in total. The number of Topliss-reactive ketones (excluding diaryl/α,β-unsaturated/α-hetero) is 2. The van der Waals surface area contributed by atoms with Crippen LogP contribution in [0.2, 0.25) is 0 Å². The topological polar surface area (TPSA) is 164 Å². The molecule has 5 rings (SSSR count). The number of benzene rings is 4. The molecule has 0 bridgehead atoms. The van der Waals surface area contributed by atoms with E-state index in [1.807, 2.05) is 0 Å². The number of ether oxygens (including phenoxy) is 2. The van der Waals surface area contributed by atoms with E-state index >= 15 is 0 Å². The van der Waals surface area contributed by atoms with Crippen molar-refractivity contribution in [2.24, 2.45) is 0 Å². The largest absolute Gasteiger partial charge is 0.478 e. The van der Waals surface area contributed by atoms with Crippen LogP contribution < -0.4 is 10.6 Å². The molecule has 0 spiro atoms. The van der Waals surface area contributed by atoms with Crippen molar-refractivity contribution in [3.05, 3.63) is 107 Å². The summed E-state index contributed by atoms with van der Waals surface area (Å²) in [6.45, 7) is 4.03. The number of hydrogen-bond donors (Lipinski definition) is 4. The third-order valence-corrected chi connectivity index (χ3v) is 7.04. The van der Waals surface area contributed by atoms with E-state index in [0.717, 1.165) is 10.8 Å². The fraction of sp³-hybridized carbons (Fsp3) is 0.176. The molecule has 2 unspecified atom stereocenters. The van der Waals surface area contributed by atoms with Gasteiger partial charge in [0.1, 0.15) is 11.2 Å². The smallest absolute Gasteiger partial charge is 0.335 e. The normalized spacial score (nSPS) is 12.5. The zero-order valence-corrected chi connectivity index (χ0v) is 24.4. The summed E-state index contributed by atoms with van der Waals surface area (Å²) in [6, 6.07) is 22.1. The molecule has 45 heavy (non-hydrogen) atoms. The SMILES string of the molecule is CCOC(Nc1ccc(C(=O)O)cc1)C(=O)c1ccc2c(c1)oc1cc(C(=O)C(Nc3ccc(C(=O)O)cc3)OCC)ccc12. The number of fused-ring (bicyclic) bond motifs is 3. The molecule has 1 heterocycles. The van der Waals surface area contributed by atoms with Crippen molar-refractivity contribution in [3.63, 3.8) is 0 Å². The molecule has 0 fully saturated rings. The molecule has 0 amide bonds. The number of carboxylic acid groups (broad SMARTS) is 2. The van der Waals surface area contributed by atoms with E-state index in [2.05, 4.69) is 10.6 Å². The van der Waals surface area contributed by atoms with Crippen LogP contribution in [0.15, 0.2) is 89.3 Å².